The molecule has 0 bridgehead atoms. The van der Waals surface area contributed by atoms with Crippen molar-refractivity contribution in [2.24, 2.45) is 0 Å². The highest BCUT2D eigenvalue weighted by Crippen LogP contribution is 2.22. The summed E-state index contributed by atoms with van der Waals surface area (Å²) in [6.07, 6.45) is 2.51. The average molecular weight is 259 g/mol. The lowest BCUT2D eigenvalue weighted by Gasteiger charge is -2.37. The number of hydrogen-bond donors (Lipinski definition) is 1. The zero-order valence-corrected chi connectivity index (χ0v) is 11.4. The number of piperazine rings is 1. The molecule has 2 amide bonds. The smallest absolute Gasteiger partial charge is 0.321 e. The lowest BCUT2D eigenvalue weighted by atomic mass is 10.1. The number of carbonyl (C=O) groups is 1. The van der Waals surface area contributed by atoms with Gasteiger partial charge in [-0.05, 0) is 38.4 Å². The third-order valence-electron chi connectivity index (χ3n) is 4.18. The molecule has 2 heterocycles. The first-order valence-corrected chi connectivity index (χ1v) is 7.09. The van der Waals surface area contributed by atoms with E-state index < -0.39 is 0 Å². The van der Waals surface area contributed by atoms with Gasteiger partial charge in [-0.15, -0.1) is 0 Å². The summed E-state index contributed by atoms with van der Waals surface area (Å²) in [6.45, 7) is 5.99. The summed E-state index contributed by atoms with van der Waals surface area (Å²) in [5, 5.41) is 2.99. The van der Waals surface area contributed by atoms with Crippen molar-refractivity contribution in [1.82, 2.24) is 9.80 Å². The number of benzene rings is 1. The number of nitrogens with zero attached hydrogens (tertiary/aromatic N) is 2. The summed E-state index contributed by atoms with van der Waals surface area (Å²) in [4.78, 5) is 16.7. The second kappa shape index (κ2) is 5.21. The third kappa shape index (κ3) is 2.73. The van der Waals surface area contributed by atoms with Gasteiger partial charge in [-0.1, -0.05) is 17.7 Å². The summed E-state index contributed by atoms with van der Waals surface area (Å²) in [5.41, 5.74) is 2.09. The normalized spacial score (nSPS) is 23.2. The van der Waals surface area contributed by atoms with Gasteiger partial charge in [-0.3, -0.25) is 4.90 Å². The first-order chi connectivity index (χ1) is 9.22. The van der Waals surface area contributed by atoms with Crippen LogP contribution in [0.2, 0.25) is 0 Å². The molecule has 102 valence electrons. The molecule has 2 aliphatic heterocycles. The van der Waals surface area contributed by atoms with Crippen LogP contribution in [0.1, 0.15) is 18.4 Å². The molecule has 4 nitrogen and oxygen atoms in total. The third-order valence-corrected chi connectivity index (χ3v) is 4.18. The number of fused-ring (bicyclic) bond motifs is 1. The minimum absolute atomic E-state index is 0.0374. The highest BCUT2D eigenvalue weighted by atomic mass is 16.2. The molecule has 1 aromatic carbocycles. The number of urea groups is 1. The van der Waals surface area contributed by atoms with E-state index >= 15 is 0 Å². The van der Waals surface area contributed by atoms with Crippen LogP contribution in [0.5, 0.6) is 0 Å². The summed E-state index contributed by atoms with van der Waals surface area (Å²) in [7, 11) is 0. The van der Waals surface area contributed by atoms with Gasteiger partial charge in [-0.25, -0.2) is 4.79 Å². The van der Waals surface area contributed by atoms with Crippen LogP contribution in [0.4, 0.5) is 10.5 Å². The van der Waals surface area contributed by atoms with Gasteiger partial charge >= 0.3 is 6.03 Å². The minimum Gasteiger partial charge on any atom is -0.322 e. The van der Waals surface area contributed by atoms with E-state index in [1.807, 2.05) is 36.1 Å². The molecule has 2 fully saturated rings. The van der Waals surface area contributed by atoms with E-state index in [-0.39, 0.29) is 6.03 Å². The number of aryl methyl sites for hydroxylation is 1. The molecule has 0 aromatic heterocycles. The SMILES string of the molecule is Cc1ccc(NC(=O)N2CCN3CCCC3C2)cc1. The topological polar surface area (TPSA) is 35.6 Å². The van der Waals surface area contributed by atoms with E-state index in [9.17, 15) is 4.79 Å². The number of hydrogen-bond acceptors (Lipinski definition) is 2. The van der Waals surface area contributed by atoms with Crippen LogP contribution < -0.4 is 5.32 Å². The Morgan fingerprint density at radius 3 is 2.79 bits per heavy atom. The van der Waals surface area contributed by atoms with Gasteiger partial charge in [0.15, 0.2) is 0 Å². The number of rotatable bonds is 1. The van der Waals surface area contributed by atoms with Gasteiger partial charge in [0.05, 0.1) is 0 Å². The minimum atomic E-state index is 0.0374. The van der Waals surface area contributed by atoms with Crippen LogP contribution in [0.15, 0.2) is 24.3 Å². The number of anilines is 1. The van der Waals surface area contributed by atoms with Gasteiger partial charge in [-0.2, -0.15) is 0 Å². The van der Waals surface area contributed by atoms with Crippen LogP contribution in [0, 0.1) is 6.92 Å². The fourth-order valence-corrected chi connectivity index (χ4v) is 3.02. The van der Waals surface area contributed by atoms with E-state index in [2.05, 4.69) is 10.2 Å². The second-order valence-electron chi connectivity index (χ2n) is 5.57. The van der Waals surface area contributed by atoms with Crippen molar-refractivity contribution >= 4 is 11.7 Å². The maximum Gasteiger partial charge on any atom is 0.321 e. The van der Waals surface area contributed by atoms with Gasteiger partial charge < -0.3 is 10.2 Å². The quantitative estimate of drug-likeness (QED) is 0.840. The van der Waals surface area contributed by atoms with Crippen LogP contribution in [0.25, 0.3) is 0 Å². The zero-order chi connectivity index (χ0) is 13.2. The van der Waals surface area contributed by atoms with Crippen LogP contribution in [-0.2, 0) is 0 Å². The van der Waals surface area contributed by atoms with Crippen LogP contribution >= 0.6 is 0 Å². The van der Waals surface area contributed by atoms with Crippen molar-refractivity contribution in [3.8, 4) is 0 Å². The number of amides is 2. The fourth-order valence-electron chi connectivity index (χ4n) is 3.02. The van der Waals surface area contributed by atoms with Crippen molar-refractivity contribution in [2.75, 3.05) is 31.5 Å². The van der Waals surface area contributed by atoms with Gasteiger partial charge in [0.1, 0.15) is 0 Å². The van der Waals surface area contributed by atoms with Crippen molar-refractivity contribution in [1.29, 1.82) is 0 Å². The predicted molar refractivity (Wildman–Crippen MR) is 76.4 cm³/mol. The maximum atomic E-state index is 12.2. The van der Waals surface area contributed by atoms with Gasteiger partial charge in [0.2, 0.25) is 0 Å². The zero-order valence-electron chi connectivity index (χ0n) is 11.4. The monoisotopic (exact) mass is 259 g/mol. The van der Waals surface area contributed by atoms with Crippen molar-refractivity contribution < 1.29 is 4.79 Å². The Balaban J connectivity index is 1.59. The molecule has 2 saturated heterocycles. The number of carbonyl (C=O) groups excluding carboxylic acids is 1. The first kappa shape index (κ1) is 12.5. The van der Waals surface area contributed by atoms with Gasteiger partial charge in [0, 0.05) is 31.4 Å². The molecular weight excluding hydrogens is 238 g/mol. The molecule has 1 unspecified atom stereocenters. The molecule has 4 heteroatoms. The molecule has 0 saturated carbocycles. The molecule has 0 spiro atoms. The highest BCUT2D eigenvalue weighted by molar-refractivity contribution is 5.89. The van der Waals surface area contributed by atoms with Crippen LogP contribution in [0.3, 0.4) is 0 Å². The lowest BCUT2D eigenvalue weighted by Crippen LogP contribution is -2.53. The number of nitrogens with one attached hydrogen (secondary N) is 1. The lowest BCUT2D eigenvalue weighted by molar-refractivity contribution is 0.124. The standard InChI is InChI=1S/C15H21N3O/c1-12-4-6-13(7-5-12)16-15(19)18-10-9-17-8-2-3-14(17)11-18/h4-7,14H,2-3,8-11H2,1H3,(H,16,19). The Hall–Kier alpha value is -1.55. The molecule has 0 aliphatic carbocycles. The van der Waals surface area contributed by atoms with E-state index in [4.69, 9.17) is 0 Å². The molecule has 1 N–H and O–H groups in total. The second-order valence-corrected chi connectivity index (χ2v) is 5.57. The predicted octanol–water partition coefficient (Wildman–Crippen LogP) is 2.31. The van der Waals surface area contributed by atoms with Crippen molar-refractivity contribution in [2.45, 2.75) is 25.8 Å². The Morgan fingerprint density at radius 1 is 1.21 bits per heavy atom. The Morgan fingerprint density at radius 2 is 2.00 bits per heavy atom. The summed E-state index contributed by atoms with van der Waals surface area (Å²) in [6, 6.07) is 8.57. The molecule has 2 aliphatic rings. The van der Waals surface area contributed by atoms with E-state index in [0.717, 1.165) is 25.3 Å². The molecule has 1 atom stereocenters. The molecule has 1 aromatic rings. The summed E-state index contributed by atoms with van der Waals surface area (Å²) in [5.74, 6) is 0. The summed E-state index contributed by atoms with van der Waals surface area (Å²) >= 11 is 0. The molecule has 0 radical (unpaired) electrons. The molecule has 3 rings (SSSR count). The first-order valence-electron chi connectivity index (χ1n) is 7.09. The average Bonchev–Trinajstić information content (AvgIpc) is 2.88. The molecule has 19 heavy (non-hydrogen) atoms. The fraction of sp³-hybridized carbons (Fsp3) is 0.533. The molecular formula is C15H21N3O. The van der Waals surface area contributed by atoms with Crippen molar-refractivity contribution in [3.63, 3.8) is 0 Å². The maximum absolute atomic E-state index is 12.2. The van der Waals surface area contributed by atoms with E-state index in [0.29, 0.717) is 6.04 Å². The Bertz CT molecular complexity index is 457. The summed E-state index contributed by atoms with van der Waals surface area (Å²) < 4.78 is 0. The van der Waals surface area contributed by atoms with Crippen molar-refractivity contribution in [3.05, 3.63) is 29.8 Å². The van der Waals surface area contributed by atoms with E-state index in [1.54, 1.807) is 0 Å². The van der Waals surface area contributed by atoms with Crippen LogP contribution in [-0.4, -0.2) is 48.1 Å². The van der Waals surface area contributed by atoms with E-state index in [1.165, 1.54) is 24.9 Å². The Kier molecular flexibility index (Phi) is 3.42. The highest BCUT2D eigenvalue weighted by Gasteiger charge is 2.32. The Labute approximate surface area is 114 Å². The van der Waals surface area contributed by atoms with Gasteiger partial charge in [0.25, 0.3) is 0 Å². The largest absolute Gasteiger partial charge is 0.322 e.